The average Bonchev–Trinajstić information content (AvgIpc) is 2.90. The van der Waals surface area contributed by atoms with E-state index >= 15 is 0 Å². The van der Waals surface area contributed by atoms with E-state index in [2.05, 4.69) is 29.2 Å². The van der Waals surface area contributed by atoms with Crippen molar-refractivity contribution in [2.75, 3.05) is 39.9 Å². The molecule has 0 aromatic heterocycles. The van der Waals surface area contributed by atoms with Gasteiger partial charge in [0.25, 0.3) is 11.6 Å². The van der Waals surface area contributed by atoms with Crippen LogP contribution in [0, 0.1) is 10.1 Å². The van der Waals surface area contributed by atoms with Crippen LogP contribution in [0.5, 0.6) is 11.5 Å². The second kappa shape index (κ2) is 11.0. The predicted molar refractivity (Wildman–Crippen MR) is 133 cm³/mol. The summed E-state index contributed by atoms with van der Waals surface area (Å²) in [6.07, 6.45) is 0. The summed E-state index contributed by atoms with van der Waals surface area (Å²) in [5.74, 6) is 0.167. The maximum absolute atomic E-state index is 13.4. The van der Waals surface area contributed by atoms with Crippen molar-refractivity contribution in [3.05, 3.63) is 99.6 Å². The van der Waals surface area contributed by atoms with E-state index < -0.39 is 4.92 Å². The molecule has 1 aliphatic rings. The van der Waals surface area contributed by atoms with E-state index in [1.54, 1.807) is 11.8 Å². The molecule has 8 heteroatoms. The highest BCUT2D eigenvalue weighted by atomic mass is 16.6. The normalized spacial score (nSPS) is 14.1. The van der Waals surface area contributed by atoms with E-state index in [0.717, 1.165) is 0 Å². The largest absolute Gasteiger partial charge is 0.493 e. The van der Waals surface area contributed by atoms with Crippen LogP contribution in [0.3, 0.4) is 0 Å². The summed E-state index contributed by atoms with van der Waals surface area (Å²) >= 11 is 0. The Kier molecular flexibility index (Phi) is 7.62. The first kappa shape index (κ1) is 24.2. The first-order valence-corrected chi connectivity index (χ1v) is 11.7. The minimum atomic E-state index is -0.553. The molecule has 0 aliphatic carbocycles. The molecule has 1 heterocycles. The van der Waals surface area contributed by atoms with E-state index in [-0.39, 0.29) is 28.9 Å². The van der Waals surface area contributed by atoms with Gasteiger partial charge in [0.1, 0.15) is 5.56 Å². The number of amides is 1. The number of nitrogens with zero attached hydrogens (tertiary/aromatic N) is 3. The molecule has 35 heavy (non-hydrogen) atoms. The van der Waals surface area contributed by atoms with Crippen molar-refractivity contribution in [1.29, 1.82) is 0 Å². The van der Waals surface area contributed by atoms with Crippen LogP contribution in [0.1, 0.15) is 34.5 Å². The second-order valence-corrected chi connectivity index (χ2v) is 8.26. The number of carbonyl (C=O) groups is 1. The number of nitro groups is 1. The quantitative estimate of drug-likeness (QED) is 0.351. The molecule has 0 N–H and O–H groups in total. The molecular weight excluding hydrogens is 446 g/mol. The lowest BCUT2D eigenvalue weighted by molar-refractivity contribution is -0.385. The molecule has 0 radical (unpaired) electrons. The van der Waals surface area contributed by atoms with Gasteiger partial charge in [-0.25, -0.2) is 0 Å². The van der Waals surface area contributed by atoms with Gasteiger partial charge >= 0.3 is 0 Å². The molecule has 0 unspecified atom stereocenters. The van der Waals surface area contributed by atoms with Gasteiger partial charge in [0.05, 0.1) is 30.7 Å². The molecule has 3 aromatic rings. The molecule has 1 saturated heterocycles. The Morgan fingerprint density at radius 2 is 1.51 bits per heavy atom. The van der Waals surface area contributed by atoms with Crippen LogP contribution in [0.4, 0.5) is 5.69 Å². The number of hydrogen-bond acceptors (Lipinski definition) is 6. The molecule has 0 atom stereocenters. The predicted octanol–water partition coefficient (Wildman–Crippen LogP) is 4.55. The second-order valence-electron chi connectivity index (χ2n) is 8.26. The number of piperazine rings is 1. The Balaban J connectivity index is 1.57. The van der Waals surface area contributed by atoms with Gasteiger partial charge < -0.3 is 14.4 Å². The number of hydrogen-bond donors (Lipinski definition) is 0. The van der Waals surface area contributed by atoms with Crippen LogP contribution in [-0.4, -0.2) is 60.5 Å². The number of rotatable bonds is 8. The number of methoxy groups -OCH3 is 1. The number of ether oxygens (including phenoxy) is 2. The maximum atomic E-state index is 13.4. The molecule has 182 valence electrons. The van der Waals surface area contributed by atoms with Gasteiger partial charge in [-0.15, -0.1) is 0 Å². The number of nitro benzene ring substituents is 1. The fraction of sp³-hybridized carbons (Fsp3) is 0.296. The van der Waals surface area contributed by atoms with Crippen molar-refractivity contribution in [2.45, 2.75) is 13.0 Å². The van der Waals surface area contributed by atoms with E-state index in [1.807, 2.05) is 36.4 Å². The third-order valence-corrected chi connectivity index (χ3v) is 6.21. The van der Waals surface area contributed by atoms with E-state index in [9.17, 15) is 14.9 Å². The molecule has 4 rings (SSSR count). The van der Waals surface area contributed by atoms with E-state index in [4.69, 9.17) is 9.47 Å². The van der Waals surface area contributed by atoms with Crippen molar-refractivity contribution in [2.24, 2.45) is 0 Å². The van der Waals surface area contributed by atoms with Crippen LogP contribution < -0.4 is 9.47 Å². The van der Waals surface area contributed by atoms with Crippen molar-refractivity contribution in [3.63, 3.8) is 0 Å². The summed E-state index contributed by atoms with van der Waals surface area (Å²) in [6, 6.07) is 23.3. The molecule has 1 aliphatic heterocycles. The summed E-state index contributed by atoms with van der Waals surface area (Å²) in [5, 5.41) is 11.7. The number of benzene rings is 3. The summed E-state index contributed by atoms with van der Waals surface area (Å²) in [6.45, 7) is 4.35. The van der Waals surface area contributed by atoms with Crippen LogP contribution in [0.2, 0.25) is 0 Å². The third-order valence-electron chi connectivity index (χ3n) is 6.21. The highest BCUT2D eigenvalue weighted by Gasteiger charge is 2.32. The van der Waals surface area contributed by atoms with Crippen molar-refractivity contribution in [1.82, 2.24) is 9.80 Å². The molecule has 1 fully saturated rings. The van der Waals surface area contributed by atoms with Gasteiger partial charge in [-0.2, -0.15) is 0 Å². The molecule has 8 nitrogen and oxygen atoms in total. The zero-order chi connectivity index (χ0) is 24.8. The van der Waals surface area contributed by atoms with Crippen molar-refractivity contribution < 1.29 is 19.2 Å². The Hall–Kier alpha value is -3.91. The van der Waals surface area contributed by atoms with Gasteiger partial charge in [0, 0.05) is 32.2 Å². The average molecular weight is 476 g/mol. The SMILES string of the molecule is CCOc1cc(C(=O)N2CCN(C(c3ccccc3)c3ccccc3)CC2)c([N+](=O)[O-])cc1OC. The number of carbonyl (C=O) groups excluding carboxylic acids is 1. The highest BCUT2D eigenvalue weighted by molar-refractivity contribution is 5.99. The molecular formula is C27H29N3O5. The molecule has 0 spiro atoms. The summed E-state index contributed by atoms with van der Waals surface area (Å²) < 4.78 is 10.8. The standard InChI is InChI=1S/C27H29N3O5/c1-3-35-25-18-22(23(30(32)33)19-24(25)34-2)27(31)29-16-14-28(15-17-29)26(20-10-6-4-7-11-20)21-12-8-5-9-13-21/h4-13,18-19,26H,3,14-17H2,1-2H3. The Morgan fingerprint density at radius 3 is 2.00 bits per heavy atom. The first-order valence-electron chi connectivity index (χ1n) is 11.7. The summed E-state index contributed by atoms with van der Waals surface area (Å²) in [7, 11) is 1.41. The Bertz CT molecular complexity index is 1120. The lowest BCUT2D eigenvalue weighted by Crippen LogP contribution is -2.50. The smallest absolute Gasteiger partial charge is 0.286 e. The third kappa shape index (κ3) is 5.27. The van der Waals surface area contributed by atoms with Gasteiger partial charge in [-0.3, -0.25) is 19.8 Å². The van der Waals surface area contributed by atoms with Crippen LogP contribution in [0.15, 0.2) is 72.8 Å². The lowest BCUT2D eigenvalue weighted by atomic mass is 9.96. The zero-order valence-electron chi connectivity index (χ0n) is 19.9. The Labute approximate surface area is 204 Å². The van der Waals surface area contributed by atoms with Crippen LogP contribution in [-0.2, 0) is 0 Å². The Morgan fingerprint density at radius 1 is 0.943 bits per heavy atom. The fourth-order valence-electron chi connectivity index (χ4n) is 4.54. The monoisotopic (exact) mass is 475 g/mol. The molecule has 1 amide bonds. The van der Waals surface area contributed by atoms with Crippen LogP contribution in [0.25, 0.3) is 0 Å². The van der Waals surface area contributed by atoms with Gasteiger partial charge in [-0.1, -0.05) is 60.7 Å². The maximum Gasteiger partial charge on any atom is 0.286 e. The van der Waals surface area contributed by atoms with E-state index in [1.165, 1.54) is 30.4 Å². The fourth-order valence-corrected chi connectivity index (χ4v) is 4.54. The topological polar surface area (TPSA) is 85.2 Å². The summed E-state index contributed by atoms with van der Waals surface area (Å²) in [5.41, 5.74) is 2.09. The van der Waals surface area contributed by atoms with Crippen LogP contribution >= 0.6 is 0 Å². The first-order chi connectivity index (χ1) is 17.0. The molecule has 0 saturated carbocycles. The molecule has 0 bridgehead atoms. The van der Waals surface area contributed by atoms with Gasteiger partial charge in [0.2, 0.25) is 0 Å². The van der Waals surface area contributed by atoms with E-state index in [0.29, 0.717) is 38.5 Å². The van der Waals surface area contributed by atoms with Gasteiger partial charge in [-0.05, 0) is 18.1 Å². The minimum absolute atomic E-state index is 0.00960. The molecule has 3 aromatic carbocycles. The lowest BCUT2D eigenvalue weighted by Gasteiger charge is -2.39. The van der Waals surface area contributed by atoms with Gasteiger partial charge in [0.15, 0.2) is 11.5 Å². The van der Waals surface area contributed by atoms with Crippen molar-refractivity contribution in [3.8, 4) is 11.5 Å². The van der Waals surface area contributed by atoms with Crippen molar-refractivity contribution >= 4 is 11.6 Å². The highest BCUT2D eigenvalue weighted by Crippen LogP contribution is 2.36. The summed E-state index contributed by atoms with van der Waals surface area (Å²) in [4.78, 5) is 28.6. The zero-order valence-corrected chi connectivity index (χ0v) is 19.9. The minimum Gasteiger partial charge on any atom is -0.493 e.